The van der Waals surface area contributed by atoms with Crippen molar-refractivity contribution in [2.45, 2.75) is 6.54 Å². The zero-order valence-corrected chi connectivity index (χ0v) is 11.4. The molecule has 0 aliphatic heterocycles. The second-order valence-corrected chi connectivity index (χ2v) is 4.13. The molecule has 0 radical (unpaired) electrons. The molecule has 110 valence electrons. The molecule has 7 heteroatoms. The van der Waals surface area contributed by atoms with E-state index in [1.165, 1.54) is 0 Å². The number of oxime groups is 1. The molecule has 0 atom stereocenters. The Morgan fingerprint density at radius 1 is 1.50 bits per heavy atom. The highest BCUT2D eigenvalue weighted by Crippen LogP contribution is 2.04. The quantitative estimate of drug-likeness (QED) is 0.171. The van der Waals surface area contributed by atoms with Crippen molar-refractivity contribution < 1.29 is 14.7 Å². The van der Waals surface area contributed by atoms with Crippen LogP contribution in [-0.4, -0.2) is 43.8 Å². The standard InChI is InChI=1S/C13H20N4O3/c1-20-6-5-16-12(18)9-15-8-10-3-2-4-11(7-10)13(14)17-19/h2-4,7,15,19H,5-6,8-9H2,1H3,(H2,14,17)(H,16,18). The van der Waals surface area contributed by atoms with E-state index >= 15 is 0 Å². The fraction of sp³-hybridized carbons (Fsp3) is 0.385. The van der Waals surface area contributed by atoms with E-state index in [0.29, 0.717) is 25.3 Å². The van der Waals surface area contributed by atoms with Gasteiger partial charge < -0.3 is 26.3 Å². The summed E-state index contributed by atoms with van der Waals surface area (Å²) < 4.78 is 4.83. The maximum absolute atomic E-state index is 11.4. The van der Waals surface area contributed by atoms with Gasteiger partial charge in [0.2, 0.25) is 5.91 Å². The summed E-state index contributed by atoms with van der Waals surface area (Å²) in [5, 5.41) is 17.3. The number of hydrogen-bond acceptors (Lipinski definition) is 5. The maximum Gasteiger partial charge on any atom is 0.234 e. The van der Waals surface area contributed by atoms with E-state index in [2.05, 4.69) is 15.8 Å². The highest BCUT2D eigenvalue weighted by Gasteiger charge is 2.02. The molecule has 0 aliphatic carbocycles. The monoisotopic (exact) mass is 280 g/mol. The van der Waals surface area contributed by atoms with Crippen LogP contribution in [0.15, 0.2) is 29.4 Å². The Balaban J connectivity index is 2.37. The normalized spacial score (nSPS) is 11.3. The zero-order valence-electron chi connectivity index (χ0n) is 11.4. The Morgan fingerprint density at radius 2 is 2.30 bits per heavy atom. The fourth-order valence-corrected chi connectivity index (χ4v) is 1.57. The van der Waals surface area contributed by atoms with Gasteiger partial charge >= 0.3 is 0 Å². The summed E-state index contributed by atoms with van der Waals surface area (Å²) in [5.74, 6) is -0.0289. The number of carbonyl (C=O) groups excluding carboxylic acids is 1. The van der Waals surface area contributed by atoms with Crippen molar-refractivity contribution in [3.8, 4) is 0 Å². The van der Waals surface area contributed by atoms with E-state index in [1.54, 1.807) is 19.2 Å². The first-order chi connectivity index (χ1) is 9.67. The van der Waals surface area contributed by atoms with Crippen LogP contribution in [0.2, 0.25) is 0 Å². The second-order valence-electron chi connectivity index (χ2n) is 4.13. The van der Waals surface area contributed by atoms with E-state index in [9.17, 15) is 4.79 Å². The molecule has 0 fully saturated rings. The highest BCUT2D eigenvalue weighted by atomic mass is 16.5. The number of benzene rings is 1. The molecule has 0 spiro atoms. The number of nitrogens with two attached hydrogens (primary N) is 1. The predicted octanol–water partition coefficient (Wildman–Crippen LogP) is -0.367. The minimum Gasteiger partial charge on any atom is -0.409 e. The molecule has 0 saturated heterocycles. The number of carbonyl (C=O) groups is 1. The number of hydrogen-bond donors (Lipinski definition) is 4. The summed E-state index contributed by atoms with van der Waals surface area (Å²) in [6.45, 7) is 1.73. The first-order valence-electron chi connectivity index (χ1n) is 6.20. The molecular formula is C13H20N4O3. The predicted molar refractivity (Wildman–Crippen MR) is 75.5 cm³/mol. The summed E-state index contributed by atoms with van der Waals surface area (Å²) in [5.41, 5.74) is 7.09. The lowest BCUT2D eigenvalue weighted by atomic mass is 10.1. The molecule has 20 heavy (non-hydrogen) atoms. The smallest absolute Gasteiger partial charge is 0.234 e. The topological polar surface area (TPSA) is 109 Å². The van der Waals surface area contributed by atoms with Gasteiger partial charge in [-0.15, -0.1) is 0 Å². The van der Waals surface area contributed by atoms with Gasteiger partial charge in [0.25, 0.3) is 0 Å². The van der Waals surface area contributed by atoms with E-state index < -0.39 is 0 Å². The fourth-order valence-electron chi connectivity index (χ4n) is 1.57. The van der Waals surface area contributed by atoms with Crippen LogP contribution >= 0.6 is 0 Å². The van der Waals surface area contributed by atoms with Crippen LogP contribution < -0.4 is 16.4 Å². The molecule has 0 aromatic heterocycles. The minimum atomic E-state index is -0.0883. The van der Waals surface area contributed by atoms with Gasteiger partial charge in [0.15, 0.2) is 5.84 Å². The molecule has 1 aromatic carbocycles. The van der Waals surface area contributed by atoms with Gasteiger partial charge in [0.1, 0.15) is 0 Å². The lowest BCUT2D eigenvalue weighted by Gasteiger charge is -2.07. The SMILES string of the molecule is COCCNC(=O)CNCc1cccc(/C(N)=N/O)c1. The van der Waals surface area contributed by atoms with E-state index in [4.69, 9.17) is 15.7 Å². The number of nitrogens with zero attached hydrogens (tertiary/aromatic N) is 1. The molecule has 1 rings (SSSR count). The largest absolute Gasteiger partial charge is 0.409 e. The van der Waals surface area contributed by atoms with Crippen molar-refractivity contribution in [1.82, 2.24) is 10.6 Å². The van der Waals surface area contributed by atoms with Crippen molar-refractivity contribution in [2.24, 2.45) is 10.9 Å². The molecule has 1 amide bonds. The third-order valence-corrected chi connectivity index (χ3v) is 2.57. The molecule has 7 nitrogen and oxygen atoms in total. The number of methoxy groups -OCH3 is 1. The van der Waals surface area contributed by atoms with Crippen LogP contribution in [-0.2, 0) is 16.1 Å². The Labute approximate surface area is 117 Å². The molecule has 0 unspecified atom stereocenters. The van der Waals surface area contributed by atoms with Crippen molar-refractivity contribution in [2.75, 3.05) is 26.8 Å². The van der Waals surface area contributed by atoms with Crippen LogP contribution in [0.1, 0.15) is 11.1 Å². The van der Waals surface area contributed by atoms with Gasteiger partial charge in [-0.25, -0.2) is 0 Å². The van der Waals surface area contributed by atoms with Gasteiger partial charge in [-0.1, -0.05) is 23.4 Å². The first kappa shape index (κ1) is 15.9. The molecule has 0 saturated carbocycles. The zero-order chi connectivity index (χ0) is 14.8. The van der Waals surface area contributed by atoms with Crippen LogP contribution in [0.5, 0.6) is 0 Å². The summed E-state index contributed by atoms with van der Waals surface area (Å²) >= 11 is 0. The Hall–Kier alpha value is -2.12. The number of rotatable bonds is 8. The van der Waals surface area contributed by atoms with Crippen molar-refractivity contribution in [3.63, 3.8) is 0 Å². The molecule has 1 aromatic rings. The second kappa shape index (κ2) is 8.89. The van der Waals surface area contributed by atoms with Crippen molar-refractivity contribution in [3.05, 3.63) is 35.4 Å². The average Bonchev–Trinajstić information content (AvgIpc) is 2.47. The van der Waals surface area contributed by atoms with Crippen LogP contribution in [0, 0.1) is 0 Å². The van der Waals surface area contributed by atoms with Crippen LogP contribution in [0.4, 0.5) is 0 Å². The van der Waals surface area contributed by atoms with Gasteiger partial charge in [-0.3, -0.25) is 4.79 Å². The number of ether oxygens (including phenoxy) is 1. The van der Waals surface area contributed by atoms with Crippen LogP contribution in [0.25, 0.3) is 0 Å². The summed E-state index contributed by atoms with van der Waals surface area (Å²) in [4.78, 5) is 11.4. The average molecular weight is 280 g/mol. The van der Waals surface area contributed by atoms with Gasteiger partial charge in [0.05, 0.1) is 13.2 Å². The Kier molecular flexibility index (Phi) is 7.08. The van der Waals surface area contributed by atoms with Gasteiger partial charge in [-0.2, -0.15) is 0 Å². The van der Waals surface area contributed by atoms with E-state index in [0.717, 1.165) is 5.56 Å². The van der Waals surface area contributed by atoms with Crippen molar-refractivity contribution in [1.29, 1.82) is 0 Å². The molecular weight excluding hydrogens is 260 g/mol. The lowest BCUT2D eigenvalue weighted by molar-refractivity contribution is -0.120. The highest BCUT2D eigenvalue weighted by molar-refractivity contribution is 5.97. The van der Waals surface area contributed by atoms with E-state index in [1.807, 2.05) is 12.1 Å². The first-order valence-corrected chi connectivity index (χ1v) is 6.20. The third-order valence-electron chi connectivity index (χ3n) is 2.57. The molecule has 5 N–H and O–H groups in total. The Morgan fingerprint density at radius 3 is 3.00 bits per heavy atom. The number of amides is 1. The Bertz CT molecular complexity index is 463. The number of amidine groups is 1. The maximum atomic E-state index is 11.4. The summed E-state index contributed by atoms with van der Waals surface area (Å²) in [7, 11) is 1.58. The summed E-state index contributed by atoms with van der Waals surface area (Å²) in [6, 6.07) is 7.24. The van der Waals surface area contributed by atoms with Gasteiger partial charge in [-0.05, 0) is 11.6 Å². The third kappa shape index (κ3) is 5.68. The number of nitrogens with one attached hydrogen (secondary N) is 2. The summed E-state index contributed by atoms with van der Waals surface area (Å²) in [6.07, 6.45) is 0. The van der Waals surface area contributed by atoms with Crippen LogP contribution in [0.3, 0.4) is 0 Å². The lowest BCUT2D eigenvalue weighted by Crippen LogP contribution is -2.35. The molecule has 0 bridgehead atoms. The van der Waals surface area contributed by atoms with E-state index in [-0.39, 0.29) is 18.3 Å². The molecule has 0 heterocycles. The van der Waals surface area contributed by atoms with Gasteiger partial charge in [0, 0.05) is 25.8 Å². The minimum absolute atomic E-state index is 0.0594. The van der Waals surface area contributed by atoms with Crippen molar-refractivity contribution >= 4 is 11.7 Å². The molecule has 0 aliphatic rings.